The Hall–Kier alpha value is -2.15. The van der Waals surface area contributed by atoms with E-state index in [9.17, 15) is 8.42 Å². The molecule has 0 amide bonds. The maximum atomic E-state index is 11.5. The highest BCUT2D eigenvalue weighted by molar-refractivity contribution is 7.91. The summed E-state index contributed by atoms with van der Waals surface area (Å²) in [5.41, 5.74) is 1.17. The second-order valence-corrected chi connectivity index (χ2v) is 8.02. The van der Waals surface area contributed by atoms with Crippen molar-refractivity contribution in [2.45, 2.75) is 25.4 Å². The molecule has 1 fully saturated rings. The van der Waals surface area contributed by atoms with Gasteiger partial charge in [0.15, 0.2) is 9.84 Å². The fourth-order valence-corrected chi connectivity index (χ4v) is 4.32. The summed E-state index contributed by atoms with van der Waals surface area (Å²) >= 11 is 0. The largest absolute Gasteiger partial charge is 0.363 e. The quantitative estimate of drug-likeness (QED) is 0.874. The zero-order valence-electron chi connectivity index (χ0n) is 12.9. The molecule has 0 saturated carbocycles. The molecule has 1 aromatic heterocycles. The minimum atomic E-state index is -2.91. The van der Waals surface area contributed by atoms with Gasteiger partial charge in [0.05, 0.1) is 11.5 Å². The Balaban J connectivity index is 1.66. The van der Waals surface area contributed by atoms with Crippen LogP contribution in [0.2, 0.25) is 0 Å². The summed E-state index contributed by atoms with van der Waals surface area (Å²) in [4.78, 5) is 8.59. The van der Waals surface area contributed by atoms with E-state index >= 15 is 0 Å². The van der Waals surface area contributed by atoms with Crippen LogP contribution in [0.3, 0.4) is 0 Å². The first-order valence-corrected chi connectivity index (χ1v) is 9.45. The van der Waals surface area contributed by atoms with Gasteiger partial charge in [-0.1, -0.05) is 30.3 Å². The molecule has 2 unspecified atom stereocenters. The van der Waals surface area contributed by atoms with Gasteiger partial charge in [-0.15, -0.1) is 0 Å². The van der Waals surface area contributed by atoms with Gasteiger partial charge in [0, 0.05) is 18.3 Å². The van der Waals surface area contributed by atoms with Crippen LogP contribution in [0.1, 0.15) is 24.9 Å². The third kappa shape index (κ3) is 4.19. The lowest BCUT2D eigenvalue weighted by molar-refractivity contribution is 0.602. The van der Waals surface area contributed by atoms with Gasteiger partial charge in [0.2, 0.25) is 5.95 Å². The third-order valence-corrected chi connectivity index (χ3v) is 5.65. The van der Waals surface area contributed by atoms with Crippen molar-refractivity contribution in [1.29, 1.82) is 0 Å². The fraction of sp³-hybridized carbons (Fsp3) is 0.375. The van der Waals surface area contributed by atoms with Gasteiger partial charge in [0.25, 0.3) is 0 Å². The number of aromatic nitrogens is 2. The summed E-state index contributed by atoms with van der Waals surface area (Å²) in [6, 6.07) is 11.9. The van der Waals surface area contributed by atoms with Crippen molar-refractivity contribution < 1.29 is 8.42 Å². The van der Waals surface area contributed by atoms with Gasteiger partial charge < -0.3 is 10.6 Å². The third-order valence-electron chi connectivity index (χ3n) is 3.89. The molecule has 6 nitrogen and oxygen atoms in total. The van der Waals surface area contributed by atoms with Crippen LogP contribution in [0.15, 0.2) is 42.6 Å². The molecule has 0 aliphatic carbocycles. The zero-order valence-corrected chi connectivity index (χ0v) is 13.8. The Morgan fingerprint density at radius 3 is 2.70 bits per heavy atom. The maximum absolute atomic E-state index is 11.5. The molecule has 23 heavy (non-hydrogen) atoms. The van der Waals surface area contributed by atoms with E-state index in [1.54, 1.807) is 12.3 Å². The molecule has 1 aliphatic rings. The molecule has 1 aromatic carbocycles. The monoisotopic (exact) mass is 332 g/mol. The number of rotatable bonds is 5. The Kier molecular flexibility index (Phi) is 4.47. The van der Waals surface area contributed by atoms with E-state index in [1.807, 2.05) is 18.2 Å². The van der Waals surface area contributed by atoms with Crippen LogP contribution in [0.25, 0.3) is 0 Å². The molecule has 1 aliphatic heterocycles. The van der Waals surface area contributed by atoms with E-state index in [-0.39, 0.29) is 23.6 Å². The number of nitrogens with one attached hydrogen (secondary N) is 2. The number of benzene rings is 1. The maximum Gasteiger partial charge on any atom is 0.224 e. The molecule has 1 saturated heterocycles. The van der Waals surface area contributed by atoms with Crippen LogP contribution in [0, 0.1) is 0 Å². The molecule has 2 heterocycles. The first kappa shape index (κ1) is 15.7. The molecule has 7 heteroatoms. The van der Waals surface area contributed by atoms with E-state index in [1.165, 1.54) is 5.56 Å². The van der Waals surface area contributed by atoms with Crippen molar-refractivity contribution in [2.75, 3.05) is 22.1 Å². The second kappa shape index (κ2) is 6.54. The van der Waals surface area contributed by atoms with Crippen molar-refractivity contribution in [2.24, 2.45) is 0 Å². The van der Waals surface area contributed by atoms with Crippen LogP contribution < -0.4 is 10.6 Å². The number of nitrogens with zero attached hydrogens (tertiary/aromatic N) is 2. The number of anilines is 2. The van der Waals surface area contributed by atoms with Gasteiger partial charge in [0.1, 0.15) is 5.82 Å². The zero-order chi connectivity index (χ0) is 16.3. The summed E-state index contributed by atoms with van der Waals surface area (Å²) in [5, 5.41) is 6.44. The van der Waals surface area contributed by atoms with Crippen molar-refractivity contribution in [3.8, 4) is 0 Å². The summed E-state index contributed by atoms with van der Waals surface area (Å²) in [6.45, 7) is 2.06. The first-order valence-electron chi connectivity index (χ1n) is 7.63. The molecule has 2 atom stereocenters. The Labute approximate surface area is 136 Å². The molecular formula is C16H20N4O2S. The summed E-state index contributed by atoms with van der Waals surface area (Å²) < 4.78 is 23.0. The lowest BCUT2D eigenvalue weighted by atomic mass is 10.1. The van der Waals surface area contributed by atoms with Crippen molar-refractivity contribution in [3.63, 3.8) is 0 Å². The first-order chi connectivity index (χ1) is 11.0. The molecule has 2 aromatic rings. The standard InChI is InChI=1S/C16H20N4O2S/c1-12(13-5-3-2-4-6-13)18-15-7-9-17-16(20-15)19-14-8-10-23(21,22)11-14/h2-7,9,12,14H,8,10-11H2,1H3,(H2,17,18,19,20). The van der Waals surface area contributed by atoms with Crippen molar-refractivity contribution in [1.82, 2.24) is 9.97 Å². The smallest absolute Gasteiger partial charge is 0.224 e. The summed E-state index contributed by atoms with van der Waals surface area (Å²) in [5.74, 6) is 1.54. The average molecular weight is 332 g/mol. The Bertz CT molecular complexity index is 765. The van der Waals surface area contributed by atoms with Gasteiger partial charge in [-0.05, 0) is 25.0 Å². The van der Waals surface area contributed by atoms with E-state index < -0.39 is 9.84 Å². The van der Waals surface area contributed by atoms with Crippen LogP contribution in [0.4, 0.5) is 11.8 Å². The lowest BCUT2D eigenvalue weighted by Gasteiger charge is -2.16. The van der Waals surface area contributed by atoms with E-state index in [2.05, 4.69) is 39.7 Å². The highest BCUT2D eigenvalue weighted by Crippen LogP contribution is 2.19. The molecule has 122 valence electrons. The number of sulfone groups is 1. The fourth-order valence-electron chi connectivity index (χ4n) is 2.65. The van der Waals surface area contributed by atoms with Crippen LogP contribution in [-0.2, 0) is 9.84 Å². The predicted molar refractivity (Wildman–Crippen MR) is 91.2 cm³/mol. The summed E-state index contributed by atoms with van der Waals surface area (Å²) in [7, 11) is -2.91. The van der Waals surface area contributed by atoms with Crippen LogP contribution in [-0.4, -0.2) is 35.9 Å². The molecule has 0 bridgehead atoms. The minimum absolute atomic E-state index is 0.109. The highest BCUT2D eigenvalue weighted by atomic mass is 32.2. The van der Waals surface area contributed by atoms with E-state index in [4.69, 9.17) is 0 Å². The minimum Gasteiger partial charge on any atom is -0.363 e. The molecule has 0 radical (unpaired) electrons. The average Bonchev–Trinajstić information content (AvgIpc) is 2.87. The molecule has 3 rings (SSSR count). The lowest BCUT2D eigenvalue weighted by Crippen LogP contribution is -2.22. The topological polar surface area (TPSA) is 84.0 Å². The van der Waals surface area contributed by atoms with Gasteiger partial charge in [-0.3, -0.25) is 0 Å². The van der Waals surface area contributed by atoms with E-state index in [0.29, 0.717) is 18.2 Å². The SMILES string of the molecule is CC(Nc1ccnc(NC2CCS(=O)(=O)C2)n1)c1ccccc1. The van der Waals surface area contributed by atoms with Crippen molar-refractivity contribution >= 4 is 21.6 Å². The number of hydrogen-bond acceptors (Lipinski definition) is 6. The Morgan fingerprint density at radius 1 is 1.22 bits per heavy atom. The van der Waals surface area contributed by atoms with Crippen molar-refractivity contribution in [3.05, 3.63) is 48.2 Å². The van der Waals surface area contributed by atoms with Crippen LogP contribution >= 0.6 is 0 Å². The summed E-state index contributed by atoms with van der Waals surface area (Å²) in [6.07, 6.45) is 2.27. The molecule has 2 N–H and O–H groups in total. The van der Waals surface area contributed by atoms with E-state index in [0.717, 1.165) is 0 Å². The van der Waals surface area contributed by atoms with Gasteiger partial charge >= 0.3 is 0 Å². The van der Waals surface area contributed by atoms with Gasteiger partial charge in [-0.25, -0.2) is 13.4 Å². The second-order valence-electron chi connectivity index (χ2n) is 5.79. The van der Waals surface area contributed by atoms with Gasteiger partial charge in [-0.2, -0.15) is 4.98 Å². The molecular weight excluding hydrogens is 312 g/mol. The molecule has 0 spiro atoms. The number of hydrogen-bond donors (Lipinski definition) is 2. The Morgan fingerprint density at radius 2 is 2.00 bits per heavy atom. The predicted octanol–water partition coefficient (Wildman–Crippen LogP) is 2.25. The normalized spacial score (nSPS) is 20.8. The highest BCUT2D eigenvalue weighted by Gasteiger charge is 2.28. The van der Waals surface area contributed by atoms with Crippen LogP contribution in [0.5, 0.6) is 0 Å².